The number of aromatic nitrogens is 2. The van der Waals surface area contributed by atoms with Gasteiger partial charge < -0.3 is 63.1 Å². The molecule has 0 saturated carbocycles. The van der Waals surface area contributed by atoms with Crippen LogP contribution >= 0.6 is 0 Å². The van der Waals surface area contributed by atoms with E-state index in [1.807, 2.05) is 27.7 Å². The van der Waals surface area contributed by atoms with Gasteiger partial charge in [-0.3, -0.25) is 14.4 Å². The van der Waals surface area contributed by atoms with Gasteiger partial charge in [-0.2, -0.15) is 0 Å². The molecule has 0 aromatic carbocycles. The van der Waals surface area contributed by atoms with E-state index in [1.165, 1.54) is 45.7 Å². The summed E-state index contributed by atoms with van der Waals surface area (Å²) in [5, 5.41) is 15.4. The summed E-state index contributed by atoms with van der Waals surface area (Å²) in [4.78, 5) is 70.8. The van der Waals surface area contributed by atoms with Crippen molar-refractivity contribution in [3.63, 3.8) is 0 Å². The van der Waals surface area contributed by atoms with E-state index < -0.39 is 66.6 Å². The van der Waals surface area contributed by atoms with Gasteiger partial charge in [0.1, 0.15) is 12.2 Å². The number of amides is 2. The van der Waals surface area contributed by atoms with Crippen LogP contribution in [0.5, 0.6) is 23.0 Å². The van der Waals surface area contributed by atoms with Gasteiger partial charge in [-0.1, -0.05) is 54.4 Å². The number of esters is 3. The van der Waals surface area contributed by atoms with Crippen LogP contribution in [0.3, 0.4) is 0 Å². The van der Waals surface area contributed by atoms with Crippen LogP contribution in [0.25, 0.3) is 0 Å². The SMILES string of the molecule is CCCO[C@H]1COC[C@H](NC(=O)c2nccc(OC)c2O)C(=O)O[C@@H](C)[C@@H]1CCC(C)C.CCCO[C@H]1COC[C@H](NC(=O)c2nccc(OC)c2OCOC(C)=O)C(=O)O[C@@H](C)[C@@H]1CCC(C)C. The summed E-state index contributed by atoms with van der Waals surface area (Å²) in [6.07, 6.45) is 6.71. The van der Waals surface area contributed by atoms with Crippen molar-refractivity contribution in [3.8, 4) is 23.0 Å². The molecule has 20 heteroatoms. The zero-order valence-electron chi connectivity index (χ0n) is 42.2. The van der Waals surface area contributed by atoms with E-state index in [9.17, 15) is 29.1 Å². The zero-order valence-corrected chi connectivity index (χ0v) is 42.2. The number of carbonyl (C=O) groups is 5. The van der Waals surface area contributed by atoms with E-state index in [2.05, 4.69) is 48.3 Å². The van der Waals surface area contributed by atoms with Crippen molar-refractivity contribution >= 4 is 29.7 Å². The number of carbonyl (C=O) groups excluding carboxylic acids is 5. The summed E-state index contributed by atoms with van der Waals surface area (Å²) < 4.78 is 55.8. The van der Waals surface area contributed by atoms with Crippen LogP contribution in [-0.2, 0) is 47.5 Å². The average molecular weight is 977 g/mol. The second-order valence-electron chi connectivity index (χ2n) is 17.8. The molecule has 2 aliphatic heterocycles. The summed E-state index contributed by atoms with van der Waals surface area (Å²) in [5.74, 6) is -2.39. The number of methoxy groups -OCH3 is 2. The minimum Gasteiger partial charge on any atom is -0.503 e. The lowest BCUT2D eigenvalue weighted by atomic mass is 9.89. The number of nitrogens with one attached hydrogen (secondary N) is 2. The predicted molar refractivity (Wildman–Crippen MR) is 251 cm³/mol. The first kappa shape index (κ1) is 58.0. The molecule has 2 aromatic heterocycles. The Balaban J connectivity index is 0.000000369. The number of rotatable bonds is 21. The fraction of sp³-hybridized carbons (Fsp3) is 0.694. The largest absolute Gasteiger partial charge is 0.503 e. The monoisotopic (exact) mass is 977 g/mol. The molecule has 2 saturated heterocycles. The van der Waals surface area contributed by atoms with Crippen LogP contribution < -0.4 is 24.8 Å². The molecule has 20 nitrogen and oxygen atoms in total. The Hall–Kier alpha value is -5.31. The van der Waals surface area contributed by atoms with Gasteiger partial charge >= 0.3 is 17.9 Å². The highest BCUT2D eigenvalue weighted by Crippen LogP contribution is 2.31. The normalized spacial score (nSPS) is 23.2. The van der Waals surface area contributed by atoms with Crippen LogP contribution in [-0.4, -0.2) is 142 Å². The van der Waals surface area contributed by atoms with Crippen molar-refractivity contribution in [2.24, 2.45) is 23.7 Å². The quantitative estimate of drug-likeness (QED) is 0.0782. The molecule has 0 spiro atoms. The third-order valence-corrected chi connectivity index (χ3v) is 11.4. The summed E-state index contributed by atoms with van der Waals surface area (Å²) in [6.45, 7) is 18.7. The Labute approximate surface area is 406 Å². The van der Waals surface area contributed by atoms with E-state index in [-0.39, 0.29) is 72.5 Å². The number of aromatic hydroxyl groups is 1. The molecule has 0 bridgehead atoms. The molecule has 4 rings (SSSR count). The second-order valence-corrected chi connectivity index (χ2v) is 17.8. The third kappa shape index (κ3) is 18.8. The summed E-state index contributed by atoms with van der Waals surface area (Å²) in [6, 6.07) is 0.791. The predicted octanol–water partition coefficient (Wildman–Crippen LogP) is 5.60. The first-order valence-electron chi connectivity index (χ1n) is 23.9. The van der Waals surface area contributed by atoms with Crippen LogP contribution in [0.4, 0.5) is 0 Å². The molecule has 0 aliphatic carbocycles. The van der Waals surface area contributed by atoms with Crippen molar-refractivity contribution in [2.75, 3.05) is 60.7 Å². The van der Waals surface area contributed by atoms with Crippen molar-refractivity contribution in [3.05, 3.63) is 35.9 Å². The van der Waals surface area contributed by atoms with E-state index >= 15 is 0 Å². The van der Waals surface area contributed by atoms with Gasteiger partial charge in [0.25, 0.3) is 11.8 Å². The highest BCUT2D eigenvalue weighted by Gasteiger charge is 2.38. The van der Waals surface area contributed by atoms with Crippen LogP contribution in [0.1, 0.15) is 122 Å². The van der Waals surface area contributed by atoms with E-state index in [4.69, 9.17) is 47.4 Å². The van der Waals surface area contributed by atoms with E-state index in [0.717, 1.165) is 38.5 Å². The molecule has 3 N–H and O–H groups in total. The summed E-state index contributed by atoms with van der Waals surface area (Å²) in [5.41, 5.74) is -0.393. The highest BCUT2D eigenvalue weighted by atomic mass is 16.7. The Kier molecular flexibility index (Phi) is 25.5. The molecule has 69 heavy (non-hydrogen) atoms. The molecule has 388 valence electrons. The van der Waals surface area contributed by atoms with Crippen molar-refractivity contribution in [1.82, 2.24) is 20.6 Å². The molecule has 2 aromatic rings. The number of ether oxygens (including phenoxy) is 10. The molecular weight excluding hydrogens is 901 g/mol. The minimum absolute atomic E-state index is 0.0218. The molecule has 8 atom stereocenters. The first-order valence-corrected chi connectivity index (χ1v) is 23.9. The van der Waals surface area contributed by atoms with Gasteiger partial charge in [0.15, 0.2) is 46.5 Å². The Morgan fingerprint density at radius 3 is 1.61 bits per heavy atom. The maximum Gasteiger partial charge on any atom is 0.331 e. The Morgan fingerprint density at radius 2 is 1.17 bits per heavy atom. The fourth-order valence-corrected chi connectivity index (χ4v) is 7.56. The maximum absolute atomic E-state index is 13.2. The minimum atomic E-state index is -1.08. The van der Waals surface area contributed by atoms with Gasteiger partial charge in [0.05, 0.1) is 52.9 Å². The number of hydrogen-bond donors (Lipinski definition) is 3. The molecule has 0 radical (unpaired) electrons. The summed E-state index contributed by atoms with van der Waals surface area (Å²) in [7, 11) is 2.77. The third-order valence-electron chi connectivity index (χ3n) is 11.4. The first-order chi connectivity index (χ1) is 32.9. The van der Waals surface area contributed by atoms with Crippen molar-refractivity contribution < 1.29 is 76.4 Å². The molecule has 2 amide bonds. The van der Waals surface area contributed by atoms with Gasteiger partial charge in [-0.15, -0.1) is 0 Å². The second kappa shape index (κ2) is 30.3. The topological polar surface area (TPSA) is 248 Å². The fourth-order valence-electron chi connectivity index (χ4n) is 7.56. The lowest BCUT2D eigenvalue weighted by Gasteiger charge is -2.31. The molecule has 4 heterocycles. The van der Waals surface area contributed by atoms with Gasteiger partial charge in [0.2, 0.25) is 6.79 Å². The standard InChI is InChI=1S/C26H40N2O9.C23H36N2O7/c1-7-12-34-22-14-33-13-20(26(31)37-17(4)19(22)9-8-16(2)3)28-25(30)23-24(36-15-35-18(5)29)21(32-6)10-11-27-23;1-6-11-31-19-13-30-12-17(23(28)32-15(4)16(19)8-7-14(2)3)25-22(27)20-21(26)18(29-5)9-10-24-20/h10-11,16-17,19-20,22H,7-9,12-15H2,1-6H3,(H,28,30);9-10,14-17,19,26H,6-8,11-13H2,1-5H3,(H,25,27)/t17-,19-,20-,22-;15-,16-,17-,19-/m00/s1. The Bertz CT molecular complexity index is 1920. The summed E-state index contributed by atoms with van der Waals surface area (Å²) >= 11 is 0. The maximum atomic E-state index is 13.2. The number of cyclic esters (lactones) is 2. The lowest BCUT2D eigenvalue weighted by Crippen LogP contribution is -2.46. The van der Waals surface area contributed by atoms with Crippen molar-refractivity contribution in [2.45, 2.75) is 137 Å². The van der Waals surface area contributed by atoms with Gasteiger partial charge in [-0.25, -0.2) is 19.6 Å². The van der Waals surface area contributed by atoms with E-state index in [1.54, 1.807) is 0 Å². The molecular formula is C49H76N4O16. The van der Waals surface area contributed by atoms with Crippen LogP contribution in [0.2, 0.25) is 0 Å². The number of hydrogen-bond acceptors (Lipinski definition) is 18. The van der Waals surface area contributed by atoms with E-state index in [0.29, 0.717) is 31.7 Å². The Morgan fingerprint density at radius 1 is 0.725 bits per heavy atom. The van der Waals surface area contributed by atoms with Crippen LogP contribution in [0, 0.1) is 23.7 Å². The molecule has 0 unspecified atom stereocenters. The van der Waals surface area contributed by atoms with Crippen molar-refractivity contribution in [1.29, 1.82) is 0 Å². The molecule has 2 fully saturated rings. The molecule has 2 aliphatic rings. The number of pyridine rings is 2. The number of nitrogens with zero attached hydrogens (tertiary/aromatic N) is 2. The van der Waals surface area contributed by atoms with Crippen LogP contribution in [0.15, 0.2) is 24.5 Å². The van der Waals surface area contributed by atoms with Gasteiger partial charge in [-0.05, 0) is 51.4 Å². The average Bonchev–Trinajstić information content (AvgIpc) is 3.39. The van der Waals surface area contributed by atoms with Gasteiger partial charge in [0, 0.05) is 56.5 Å². The smallest absolute Gasteiger partial charge is 0.331 e. The zero-order chi connectivity index (χ0) is 51.0. The highest BCUT2D eigenvalue weighted by molar-refractivity contribution is 5.98. The lowest BCUT2D eigenvalue weighted by molar-refractivity contribution is -0.156.